The molecule has 104 valence electrons. The fourth-order valence-electron chi connectivity index (χ4n) is 1.76. The Morgan fingerprint density at radius 1 is 1.30 bits per heavy atom. The van der Waals surface area contributed by atoms with Crippen LogP contribution >= 0.6 is 15.9 Å². The van der Waals surface area contributed by atoms with E-state index < -0.39 is 5.82 Å². The second kappa shape index (κ2) is 6.52. The number of hydrogen-bond donors (Lipinski definition) is 1. The highest BCUT2D eigenvalue weighted by Crippen LogP contribution is 2.23. The van der Waals surface area contributed by atoms with Gasteiger partial charge in [-0.15, -0.1) is 0 Å². The van der Waals surface area contributed by atoms with Gasteiger partial charge in [0, 0.05) is 4.47 Å². The molecule has 0 aliphatic rings. The average molecular weight is 338 g/mol. The summed E-state index contributed by atoms with van der Waals surface area (Å²) in [5, 5.41) is 2.67. The van der Waals surface area contributed by atoms with E-state index in [0.29, 0.717) is 15.9 Å². The average Bonchev–Trinajstić information content (AvgIpc) is 2.43. The highest BCUT2D eigenvalue weighted by Gasteiger charge is 2.08. The maximum atomic E-state index is 13.1. The summed E-state index contributed by atoms with van der Waals surface area (Å²) in [6.45, 7) is 0. The molecule has 5 heteroatoms. The van der Waals surface area contributed by atoms with Crippen LogP contribution in [0.5, 0.6) is 5.75 Å². The van der Waals surface area contributed by atoms with Crippen molar-refractivity contribution in [2.75, 3.05) is 12.4 Å². The summed E-state index contributed by atoms with van der Waals surface area (Å²) in [6, 6.07) is 11.4. The van der Waals surface area contributed by atoms with Crippen molar-refractivity contribution in [1.29, 1.82) is 0 Å². The van der Waals surface area contributed by atoms with Gasteiger partial charge in [-0.1, -0.05) is 12.1 Å². The van der Waals surface area contributed by atoms with E-state index in [0.717, 1.165) is 5.56 Å². The van der Waals surface area contributed by atoms with E-state index in [4.69, 9.17) is 4.74 Å². The van der Waals surface area contributed by atoms with Crippen LogP contribution in [0.25, 0.3) is 0 Å². The Labute approximate surface area is 124 Å². The Bertz CT molecular complexity index is 631. The number of nitrogens with one attached hydrogen (secondary N) is 1. The number of ether oxygens (including phenoxy) is 1. The first-order chi connectivity index (χ1) is 9.58. The molecule has 0 bridgehead atoms. The summed E-state index contributed by atoms with van der Waals surface area (Å²) in [5.41, 5.74) is 1.24. The molecule has 2 rings (SSSR count). The molecule has 2 aromatic rings. The van der Waals surface area contributed by atoms with Crippen molar-refractivity contribution in [1.82, 2.24) is 0 Å². The lowest BCUT2D eigenvalue weighted by Gasteiger charge is -2.08. The van der Waals surface area contributed by atoms with Crippen LogP contribution in [0.2, 0.25) is 0 Å². The highest BCUT2D eigenvalue weighted by molar-refractivity contribution is 9.10. The van der Waals surface area contributed by atoms with E-state index >= 15 is 0 Å². The van der Waals surface area contributed by atoms with Crippen molar-refractivity contribution in [2.24, 2.45) is 0 Å². The minimum atomic E-state index is -0.398. The van der Waals surface area contributed by atoms with Crippen LogP contribution in [0.1, 0.15) is 5.56 Å². The Balaban J connectivity index is 2.07. The normalized spacial score (nSPS) is 10.2. The molecule has 3 nitrogen and oxygen atoms in total. The number of amides is 1. The molecule has 0 radical (unpaired) electrons. The Morgan fingerprint density at radius 2 is 2.10 bits per heavy atom. The van der Waals surface area contributed by atoms with Gasteiger partial charge in [0.15, 0.2) is 0 Å². The summed E-state index contributed by atoms with van der Waals surface area (Å²) in [7, 11) is 1.57. The van der Waals surface area contributed by atoms with Crippen LogP contribution in [0.4, 0.5) is 10.1 Å². The van der Waals surface area contributed by atoms with E-state index in [9.17, 15) is 9.18 Å². The predicted octanol–water partition coefficient (Wildman–Crippen LogP) is 3.78. The molecule has 20 heavy (non-hydrogen) atoms. The largest absolute Gasteiger partial charge is 0.497 e. The molecule has 2 aromatic carbocycles. The molecule has 0 atom stereocenters. The van der Waals surface area contributed by atoms with Crippen molar-refractivity contribution < 1.29 is 13.9 Å². The molecular weight excluding hydrogens is 325 g/mol. The van der Waals surface area contributed by atoms with E-state index in [1.807, 2.05) is 18.2 Å². The van der Waals surface area contributed by atoms with Gasteiger partial charge in [-0.2, -0.15) is 0 Å². The first kappa shape index (κ1) is 14.5. The molecule has 0 saturated heterocycles. The molecular formula is C15H13BrFNO2. The van der Waals surface area contributed by atoms with Gasteiger partial charge < -0.3 is 10.1 Å². The molecule has 0 heterocycles. The van der Waals surface area contributed by atoms with Gasteiger partial charge in [0.25, 0.3) is 0 Å². The van der Waals surface area contributed by atoms with Gasteiger partial charge in [-0.25, -0.2) is 4.39 Å². The van der Waals surface area contributed by atoms with Gasteiger partial charge in [-0.3, -0.25) is 4.79 Å². The summed E-state index contributed by atoms with van der Waals surface area (Å²) in [4.78, 5) is 11.9. The standard InChI is InChI=1S/C15H13BrFNO2/c1-20-12-4-2-3-10(7-12)8-15(19)18-14-9-11(17)5-6-13(14)16/h2-7,9H,8H2,1H3,(H,18,19). The topological polar surface area (TPSA) is 38.3 Å². The lowest BCUT2D eigenvalue weighted by atomic mass is 10.1. The number of carbonyl (C=O) groups excluding carboxylic acids is 1. The van der Waals surface area contributed by atoms with E-state index in [1.165, 1.54) is 12.1 Å². The number of rotatable bonds is 4. The van der Waals surface area contributed by atoms with Crippen LogP contribution in [0.15, 0.2) is 46.9 Å². The van der Waals surface area contributed by atoms with Gasteiger partial charge in [-0.05, 0) is 51.8 Å². The lowest BCUT2D eigenvalue weighted by Crippen LogP contribution is -2.14. The summed E-state index contributed by atoms with van der Waals surface area (Å²) in [5.74, 6) is 0.0802. The zero-order valence-electron chi connectivity index (χ0n) is 10.8. The zero-order chi connectivity index (χ0) is 14.5. The monoisotopic (exact) mass is 337 g/mol. The van der Waals surface area contributed by atoms with Crippen molar-refractivity contribution in [3.8, 4) is 5.75 Å². The number of hydrogen-bond acceptors (Lipinski definition) is 2. The van der Waals surface area contributed by atoms with Crippen LogP contribution in [-0.4, -0.2) is 13.0 Å². The fourth-order valence-corrected chi connectivity index (χ4v) is 2.10. The van der Waals surface area contributed by atoms with E-state index in [2.05, 4.69) is 21.2 Å². The van der Waals surface area contributed by atoms with E-state index in [-0.39, 0.29) is 12.3 Å². The predicted molar refractivity (Wildman–Crippen MR) is 79.4 cm³/mol. The molecule has 0 aliphatic carbocycles. The van der Waals surface area contributed by atoms with Crippen molar-refractivity contribution >= 4 is 27.5 Å². The SMILES string of the molecule is COc1cccc(CC(=O)Nc2cc(F)ccc2Br)c1. The first-order valence-corrected chi connectivity index (χ1v) is 6.75. The van der Waals surface area contributed by atoms with Crippen LogP contribution in [-0.2, 0) is 11.2 Å². The molecule has 0 unspecified atom stereocenters. The summed E-state index contributed by atoms with van der Waals surface area (Å²) >= 11 is 3.27. The van der Waals surface area contributed by atoms with Gasteiger partial charge in [0.1, 0.15) is 11.6 Å². The lowest BCUT2D eigenvalue weighted by molar-refractivity contribution is -0.115. The van der Waals surface area contributed by atoms with Crippen molar-refractivity contribution in [3.05, 3.63) is 58.3 Å². The molecule has 0 aliphatic heterocycles. The van der Waals surface area contributed by atoms with E-state index in [1.54, 1.807) is 19.2 Å². The fraction of sp³-hybridized carbons (Fsp3) is 0.133. The number of anilines is 1. The molecule has 0 aromatic heterocycles. The second-order valence-electron chi connectivity index (χ2n) is 4.20. The third-order valence-corrected chi connectivity index (χ3v) is 3.39. The van der Waals surface area contributed by atoms with Crippen LogP contribution in [0, 0.1) is 5.82 Å². The Morgan fingerprint density at radius 3 is 2.85 bits per heavy atom. The van der Waals surface area contributed by atoms with Crippen molar-refractivity contribution in [3.63, 3.8) is 0 Å². The highest BCUT2D eigenvalue weighted by atomic mass is 79.9. The molecule has 0 fully saturated rings. The number of carbonyl (C=O) groups is 1. The molecule has 1 N–H and O–H groups in total. The molecule has 1 amide bonds. The minimum Gasteiger partial charge on any atom is -0.497 e. The number of benzene rings is 2. The molecule has 0 spiro atoms. The van der Waals surface area contributed by atoms with Gasteiger partial charge in [0.2, 0.25) is 5.91 Å². The second-order valence-corrected chi connectivity index (χ2v) is 5.05. The Hall–Kier alpha value is -1.88. The maximum absolute atomic E-state index is 13.1. The third-order valence-electron chi connectivity index (χ3n) is 2.70. The third kappa shape index (κ3) is 3.81. The summed E-state index contributed by atoms with van der Waals surface area (Å²) in [6.07, 6.45) is 0.195. The van der Waals surface area contributed by atoms with Gasteiger partial charge >= 0.3 is 0 Å². The quantitative estimate of drug-likeness (QED) is 0.921. The van der Waals surface area contributed by atoms with Crippen molar-refractivity contribution in [2.45, 2.75) is 6.42 Å². The van der Waals surface area contributed by atoms with Gasteiger partial charge in [0.05, 0.1) is 19.2 Å². The first-order valence-electron chi connectivity index (χ1n) is 5.96. The van der Waals surface area contributed by atoms with Crippen LogP contribution < -0.4 is 10.1 Å². The number of methoxy groups -OCH3 is 1. The molecule has 0 saturated carbocycles. The summed E-state index contributed by atoms with van der Waals surface area (Å²) < 4.78 is 18.9. The minimum absolute atomic E-state index is 0.195. The zero-order valence-corrected chi connectivity index (χ0v) is 12.4. The smallest absolute Gasteiger partial charge is 0.228 e. The Kier molecular flexibility index (Phi) is 4.74. The van der Waals surface area contributed by atoms with Crippen LogP contribution in [0.3, 0.4) is 0 Å². The maximum Gasteiger partial charge on any atom is 0.228 e. The number of halogens is 2.